The van der Waals surface area contributed by atoms with Crippen molar-refractivity contribution in [2.45, 2.75) is 19.5 Å². The van der Waals surface area contributed by atoms with Gasteiger partial charge in [0.25, 0.3) is 0 Å². The number of carbonyl (C=O) groups excluding carboxylic acids is 2. The van der Waals surface area contributed by atoms with Gasteiger partial charge < -0.3 is 29.3 Å². The third kappa shape index (κ3) is 7.13. The Bertz CT molecular complexity index is 1170. The molecule has 0 fully saturated rings. The number of fused-ring (bicyclic) bond motifs is 1. The topological polar surface area (TPSA) is 80.3 Å². The van der Waals surface area contributed by atoms with Crippen LogP contribution in [-0.2, 0) is 22.6 Å². The average Bonchev–Trinajstić information content (AvgIpc) is 3.55. The highest BCUT2D eigenvalue weighted by atomic mass is 35.5. The van der Waals surface area contributed by atoms with Crippen molar-refractivity contribution in [1.29, 1.82) is 0 Å². The fourth-order valence-electron chi connectivity index (χ4n) is 3.77. The number of benzene rings is 2. The van der Waals surface area contributed by atoms with E-state index < -0.39 is 0 Å². The predicted octanol–water partition coefficient (Wildman–Crippen LogP) is 5.23. The monoisotopic (exact) mass is 529 g/mol. The fourth-order valence-corrected chi connectivity index (χ4v) is 4.68. The molecular formula is C26H28ClN3O5S. The molecule has 8 nitrogen and oxygen atoms in total. The van der Waals surface area contributed by atoms with Gasteiger partial charge in [0.05, 0.1) is 6.54 Å². The number of anilines is 1. The molecule has 0 aliphatic carbocycles. The molecule has 190 valence electrons. The van der Waals surface area contributed by atoms with E-state index in [1.54, 1.807) is 47.6 Å². The molecule has 3 aromatic rings. The summed E-state index contributed by atoms with van der Waals surface area (Å²) in [7, 11) is 1.61. The minimum Gasteiger partial charge on any atom is -0.454 e. The van der Waals surface area contributed by atoms with Crippen LogP contribution in [0, 0.1) is 0 Å². The second-order valence-corrected chi connectivity index (χ2v) is 9.69. The van der Waals surface area contributed by atoms with Gasteiger partial charge in [-0.1, -0.05) is 29.8 Å². The molecule has 0 bridgehead atoms. The highest BCUT2D eigenvalue weighted by Crippen LogP contribution is 2.33. The molecule has 0 radical (unpaired) electrons. The smallest absolute Gasteiger partial charge is 0.322 e. The maximum absolute atomic E-state index is 13.6. The zero-order valence-corrected chi connectivity index (χ0v) is 21.5. The summed E-state index contributed by atoms with van der Waals surface area (Å²) in [6.45, 7) is 1.76. The third-order valence-corrected chi connectivity index (χ3v) is 6.65. The number of hydrogen-bond acceptors (Lipinski definition) is 6. The van der Waals surface area contributed by atoms with Gasteiger partial charge in [-0.15, -0.1) is 11.3 Å². The van der Waals surface area contributed by atoms with Crippen LogP contribution in [0.3, 0.4) is 0 Å². The van der Waals surface area contributed by atoms with Crippen LogP contribution in [0.15, 0.2) is 60.0 Å². The summed E-state index contributed by atoms with van der Waals surface area (Å²) >= 11 is 7.64. The number of nitrogens with one attached hydrogen (secondary N) is 1. The maximum Gasteiger partial charge on any atom is 0.322 e. The first-order valence-corrected chi connectivity index (χ1v) is 12.8. The van der Waals surface area contributed by atoms with Crippen LogP contribution in [0.2, 0.25) is 5.02 Å². The highest BCUT2D eigenvalue weighted by molar-refractivity contribution is 7.09. The van der Waals surface area contributed by atoms with Gasteiger partial charge in [0.1, 0.15) is 6.54 Å². The number of ether oxygens (including phenoxy) is 3. The van der Waals surface area contributed by atoms with Crippen molar-refractivity contribution in [2.24, 2.45) is 0 Å². The van der Waals surface area contributed by atoms with Gasteiger partial charge in [-0.3, -0.25) is 4.79 Å². The Balaban J connectivity index is 1.49. The first-order chi connectivity index (χ1) is 17.5. The molecule has 0 saturated carbocycles. The fraction of sp³-hybridized carbons (Fsp3) is 0.308. The van der Waals surface area contributed by atoms with Crippen molar-refractivity contribution < 1.29 is 23.8 Å². The van der Waals surface area contributed by atoms with E-state index in [9.17, 15) is 9.59 Å². The number of amides is 3. The summed E-state index contributed by atoms with van der Waals surface area (Å²) in [6, 6.07) is 16.1. The summed E-state index contributed by atoms with van der Waals surface area (Å²) in [5.74, 6) is 1.19. The Hall–Kier alpha value is -3.27. The van der Waals surface area contributed by atoms with Crippen LogP contribution in [-0.4, -0.2) is 55.3 Å². The number of hydrogen-bond donors (Lipinski definition) is 1. The molecule has 1 aliphatic heterocycles. The Kier molecular flexibility index (Phi) is 9.05. The SMILES string of the molecule is COCCCN(CC(=O)N(Cc1ccc2c(c1)OCO2)Cc1cccs1)C(=O)Nc1cccc(Cl)c1. The molecule has 0 atom stereocenters. The van der Waals surface area contributed by atoms with Crippen LogP contribution in [0.1, 0.15) is 16.9 Å². The van der Waals surface area contributed by atoms with E-state index >= 15 is 0 Å². The predicted molar refractivity (Wildman–Crippen MR) is 140 cm³/mol. The summed E-state index contributed by atoms with van der Waals surface area (Å²) in [5.41, 5.74) is 1.48. The van der Waals surface area contributed by atoms with Gasteiger partial charge in [-0.05, 0) is 53.8 Å². The molecule has 0 unspecified atom stereocenters. The Labute approximate surface area is 219 Å². The number of nitrogens with zero attached hydrogens (tertiary/aromatic N) is 2. The molecular weight excluding hydrogens is 502 g/mol. The van der Waals surface area contributed by atoms with Crippen molar-refractivity contribution in [3.63, 3.8) is 0 Å². The third-order valence-electron chi connectivity index (χ3n) is 5.56. The molecule has 0 saturated heterocycles. The number of carbonyl (C=O) groups is 2. The van der Waals surface area contributed by atoms with Crippen molar-refractivity contribution in [3.8, 4) is 11.5 Å². The summed E-state index contributed by atoms with van der Waals surface area (Å²) in [4.78, 5) is 31.0. The molecule has 2 heterocycles. The summed E-state index contributed by atoms with van der Waals surface area (Å²) in [5, 5.41) is 5.33. The number of thiophene rings is 1. The number of rotatable bonds is 11. The lowest BCUT2D eigenvalue weighted by atomic mass is 10.2. The van der Waals surface area contributed by atoms with Gasteiger partial charge in [0.2, 0.25) is 12.7 Å². The summed E-state index contributed by atoms with van der Waals surface area (Å²) in [6.07, 6.45) is 0.597. The second-order valence-electron chi connectivity index (χ2n) is 8.23. The number of methoxy groups -OCH3 is 1. The highest BCUT2D eigenvalue weighted by Gasteiger charge is 2.23. The van der Waals surface area contributed by atoms with E-state index in [4.69, 9.17) is 25.8 Å². The number of urea groups is 1. The first kappa shape index (κ1) is 25.8. The van der Waals surface area contributed by atoms with Crippen LogP contribution < -0.4 is 14.8 Å². The van der Waals surface area contributed by atoms with Crippen LogP contribution in [0.4, 0.5) is 10.5 Å². The van der Waals surface area contributed by atoms with Crippen molar-refractivity contribution in [2.75, 3.05) is 38.9 Å². The van der Waals surface area contributed by atoms with Crippen LogP contribution >= 0.6 is 22.9 Å². The zero-order valence-electron chi connectivity index (χ0n) is 19.9. The van der Waals surface area contributed by atoms with E-state index in [-0.39, 0.29) is 25.3 Å². The molecule has 4 rings (SSSR count). The minimum absolute atomic E-state index is 0.0773. The van der Waals surface area contributed by atoms with E-state index in [1.807, 2.05) is 35.7 Å². The van der Waals surface area contributed by atoms with Crippen LogP contribution in [0.25, 0.3) is 0 Å². The van der Waals surface area contributed by atoms with Crippen LogP contribution in [0.5, 0.6) is 11.5 Å². The lowest BCUT2D eigenvalue weighted by Gasteiger charge is -2.28. The second kappa shape index (κ2) is 12.6. The van der Waals surface area contributed by atoms with E-state index in [0.717, 1.165) is 10.4 Å². The van der Waals surface area contributed by atoms with Gasteiger partial charge in [-0.25, -0.2) is 4.79 Å². The zero-order chi connectivity index (χ0) is 25.3. The Morgan fingerprint density at radius 3 is 2.69 bits per heavy atom. The van der Waals surface area contributed by atoms with Gasteiger partial charge in [0.15, 0.2) is 11.5 Å². The Morgan fingerprint density at radius 2 is 1.92 bits per heavy atom. The van der Waals surface area contributed by atoms with E-state index in [1.165, 1.54) is 4.90 Å². The molecule has 0 spiro atoms. The van der Waals surface area contributed by atoms with Crippen molar-refractivity contribution in [1.82, 2.24) is 9.80 Å². The largest absolute Gasteiger partial charge is 0.454 e. The normalized spacial score (nSPS) is 11.8. The molecule has 36 heavy (non-hydrogen) atoms. The molecule has 10 heteroatoms. The molecule has 2 aromatic carbocycles. The molecule has 1 N–H and O–H groups in total. The quantitative estimate of drug-likeness (QED) is 0.344. The maximum atomic E-state index is 13.6. The van der Waals surface area contributed by atoms with Crippen molar-refractivity contribution in [3.05, 3.63) is 75.4 Å². The summed E-state index contributed by atoms with van der Waals surface area (Å²) < 4.78 is 16.1. The lowest BCUT2D eigenvalue weighted by Crippen LogP contribution is -2.44. The van der Waals surface area contributed by atoms with Crippen molar-refractivity contribution >= 4 is 40.6 Å². The van der Waals surface area contributed by atoms with E-state index in [2.05, 4.69) is 5.32 Å². The Morgan fingerprint density at radius 1 is 1.06 bits per heavy atom. The first-order valence-electron chi connectivity index (χ1n) is 11.5. The van der Waals surface area contributed by atoms with Gasteiger partial charge in [0, 0.05) is 42.4 Å². The molecule has 3 amide bonds. The van der Waals surface area contributed by atoms with Gasteiger partial charge in [-0.2, -0.15) is 0 Å². The molecule has 1 aromatic heterocycles. The lowest BCUT2D eigenvalue weighted by molar-refractivity contribution is -0.133. The standard InChI is InChI=1S/C26H28ClN3O5S/c1-33-11-4-10-29(26(32)28-21-6-2-5-20(27)14-21)17-25(31)30(16-22-7-3-12-36-22)15-19-8-9-23-24(13-19)35-18-34-23/h2-3,5-9,12-14H,4,10-11,15-18H2,1H3,(H,28,32). The minimum atomic E-state index is -0.374. The average molecular weight is 530 g/mol. The molecule has 1 aliphatic rings. The van der Waals surface area contributed by atoms with Gasteiger partial charge >= 0.3 is 6.03 Å². The number of halogens is 1. The van der Waals surface area contributed by atoms with E-state index in [0.29, 0.717) is 54.9 Å².